The largest absolute Gasteiger partial charge is 0.507 e. The summed E-state index contributed by atoms with van der Waals surface area (Å²) in [5.41, 5.74) is 2.53. The summed E-state index contributed by atoms with van der Waals surface area (Å²) in [6.45, 7) is 0. The highest BCUT2D eigenvalue weighted by Crippen LogP contribution is 2.33. The number of carbonyl (C=O) groups excluding carboxylic acids is 1. The van der Waals surface area contributed by atoms with Crippen molar-refractivity contribution in [2.75, 3.05) is 5.32 Å². The highest BCUT2D eigenvalue weighted by Gasteiger charge is 2.17. The molecule has 1 amide bonds. The highest BCUT2D eigenvalue weighted by atomic mass is 16.6. The van der Waals surface area contributed by atoms with Crippen molar-refractivity contribution in [2.24, 2.45) is 0 Å². The highest BCUT2D eigenvalue weighted by molar-refractivity contribution is 6.03. The van der Waals surface area contributed by atoms with Crippen molar-refractivity contribution in [1.82, 2.24) is 4.98 Å². The number of nitrogens with zero attached hydrogens (tertiary/aromatic N) is 2. The molecule has 0 spiro atoms. The summed E-state index contributed by atoms with van der Waals surface area (Å²) in [5, 5.41) is 23.8. The van der Waals surface area contributed by atoms with Gasteiger partial charge in [-0.25, -0.2) is 4.98 Å². The molecule has 9 heteroatoms. The Morgan fingerprint density at radius 1 is 0.970 bits per heavy atom. The fourth-order valence-electron chi connectivity index (χ4n) is 3.33. The molecule has 162 valence electrons. The number of oxazole rings is 1. The quantitative estimate of drug-likeness (QED) is 0.205. The van der Waals surface area contributed by atoms with Crippen molar-refractivity contribution >= 4 is 28.4 Å². The van der Waals surface area contributed by atoms with Gasteiger partial charge in [0.2, 0.25) is 5.89 Å². The van der Waals surface area contributed by atoms with Crippen LogP contribution in [0, 0.1) is 10.1 Å². The lowest BCUT2D eigenvalue weighted by Crippen LogP contribution is -2.10. The molecule has 0 saturated carbocycles. The molecule has 0 aliphatic carbocycles. The third-order valence-electron chi connectivity index (χ3n) is 4.97. The summed E-state index contributed by atoms with van der Waals surface area (Å²) in [5.74, 6) is 0.131. The Hall–Kier alpha value is -4.92. The molecule has 2 aromatic heterocycles. The molecule has 5 aromatic rings. The van der Waals surface area contributed by atoms with Crippen LogP contribution in [0.4, 0.5) is 11.4 Å². The summed E-state index contributed by atoms with van der Waals surface area (Å²) in [7, 11) is 0. The molecule has 9 nitrogen and oxygen atoms in total. The van der Waals surface area contributed by atoms with Gasteiger partial charge >= 0.3 is 0 Å². The lowest BCUT2D eigenvalue weighted by Gasteiger charge is -2.06. The number of furan rings is 1. The summed E-state index contributed by atoms with van der Waals surface area (Å²) in [4.78, 5) is 27.4. The molecule has 0 saturated heterocycles. The van der Waals surface area contributed by atoms with Crippen molar-refractivity contribution in [3.63, 3.8) is 0 Å². The van der Waals surface area contributed by atoms with Crippen molar-refractivity contribution in [3.8, 4) is 28.5 Å². The minimum Gasteiger partial charge on any atom is -0.507 e. The molecule has 5 rings (SSSR count). The first-order valence-electron chi connectivity index (χ1n) is 9.83. The number of hydrogen-bond donors (Lipinski definition) is 2. The summed E-state index contributed by atoms with van der Waals surface area (Å²) in [6, 6.07) is 20.7. The molecule has 0 fully saturated rings. The van der Waals surface area contributed by atoms with E-state index in [-0.39, 0.29) is 23.1 Å². The van der Waals surface area contributed by atoms with Crippen LogP contribution in [0.25, 0.3) is 33.9 Å². The van der Waals surface area contributed by atoms with Crippen LogP contribution in [0.3, 0.4) is 0 Å². The summed E-state index contributed by atoms with van der Waals surface area (Å²) in [6.07, 6.45) is 0. The predicted octanol–water partition coefficient (Wildman–Crippen LogP) is 5.62. The average Bonchev–Trinajstić information content (AvgIpc) is 3.48. The van der Waals surface area contributed by atoms with Gasteiger partial charge in [-0.2, -0.15) is 0 Å². The van der Waals surface area contributed by atoms with E-state index in [4.69, 9.17) is 8.83 Å². The molecule has 0 aliphatic rings. The number of phenolic OH excluding ortho intramolecular Hbond substituents is 1. The molecular weight excluding hydrogens is 426 g/mol. The van der Waals surface area contributed by atoms with Crippen LogP contribution >= 0.6 is 0 Å². The van der Waals surface area contributed by atoms with Crippen LogP contribution in [0.2, 0.25) is 0 Å². The van der Waals surface area contributed by atoms with Crippen LogP contribution in [0.1, 0.15) is 10.6 Å². The Morgan fingerprint density at radius 3 is 2.52 bits per heavy atom. The SMILES string of the molecule is O=C(Nc1ccc(O)c(-c2nc3ccccc3o2)c1)c1ccc(-c2ccc([N+](=O)[O-])cc2)o1. The van der Waals surface area contributed by atoms with Crippen LogP contribution in [-0.4, -0.2) is 20.9 Å². The van der Waals surface area contributed by atoms with Crippen LogP contribution in [0.5, 0.6) is 5.75 Å². The van der Waals surface area contributed by atoms with Gasteiger partial charge in [0.15, 0.2) is 11.3 Å². The minimum atomic E-state index is -0.502. The van der Waals surface area contributed by atoms with Crippen molar-refractivity contribution in [3.05, 3.63) is 94.7 Å². The van der Waals surface area contributed by atoms with E-state index in [9.17, 15) is 20.0 Å². The molecule has 0 radical (unpaired) electrons. The van der Waals surface area contributed by atoms with Crippen molar-refractivity contribution in [2.45, 2.75) is 0 Å². The molecule has 0 aliphatic heterocycles. The molecule has 0 atom stereocenters. The second-order valence-electron chi connectivity index (χ2n) is 7.14. The average molecular weight is 441 g/mol. The van der Waals surface area contributed by atoms with Crippen LogP contribution in [0.15, 0.2) is 87.7 Å². The van der Waals surface area contributed by atoms with E-state index in [0.717, 1.165) is 0 Å². The van der Waals surface area contributed by atoms with Gasteiger partial charge in [0.05, 0.1) is 10.5 Å². The maximum absolute atomic E-state index is 12.7. The third-order valence-corrected chi connectivity index (χ3v) is 4.97. The second kappa shape index (κ2) is 7.97. The number of carbonyl (C=O) groups is 1. The first-order valence-corrected chi connectivity index (χ1v) is 9.83. The fraction of sp³-hybridized carbons (Fsp3) is 0. The molecule has 33 heavy (non-hydrogen) atoms. The Labute approximate surface area is 186 Å². The van der Waals surface area contributed by atoms with E-state index in [0.29, 0.717) is 33.7 Å². The molecule has 0 unspecified atom stereocenters. The maximum Gasteiger partial charge on any atom is 0.291 e. The standard InChI is InChI=1S/C24H15N3O6/c28-19-10-7-15(13-17(19)24-26-18-3-1-2-4-21(18)33-24)25-23(29)22-12-11-20(32-22)14-5-8-16(9-6-14)27(30)31/h1-13,28H,(H,25,29). The molecule has 3 aromatic carbocycles. The van der Waals surface area contributed by atoms with E-state index < -0.39 is 10.8 Å². The predicted molar refractivity (Wildman–Crippen MR) is 120 cm³/mol. The first-order chi connectivity index (χ1) is 16.0. The van der Waals surface area contributed by atoms with Gasteiger partial charge < -0.3 is 19.3 Å². The zero-order valence-electron chi connectivity index (χ0n) is 16.9. The number of para-hydroxylation sites is 2. The number of anilines is 1. The van der Waals surface area contributed by atoms with E-state index in [1.807, 2.05) is 12.1 Å². The Bertz CT molecular complexity index is 1470. The van der Waals surface area contributed by atoms with Gasteiger partial charge in [0.25, 0.3) is 11.6 Å². The summed E-state index contributed by atoms with van der Waals surface area (Å²) >= 11 is 0. The maximum atomic E-state index is 12.7. The number of hydrogen-bond acceptors (Lipinski definition) is 7. The fourth-order valence-corrected chi connectivity index (χ4v) is 3.33. The van der Waals surface area contributed by atoms with Gasteiger partial charge in [0, 0.05) is 23.4 Å². The third kappa shape index (κ3) is 3.90. The van der Waals surface area contributed by atoms with Gasteiger partial charge in [-0.1, -0.05) is 12.1 Å². The number of fused-ring (bicyclic) bond motifs is 1. The van der Waals surface area contributed by atoms with E-state index in [1.54, 1.807) is 42.5 Å². The second-order valence-corrected chi connectivity index (χ2v) is 7.14. The van der Waals surface area contributed by atoms with Crippen molar-refractivity contribution in [1.29, 1.82) is 0 Å². The Morgan fingerprint density at radius 2 is 1.76 bits per heavy atom. The van der Waals surface area contributed by atoms with E-state index in [2.05, 4.69) is 10.3 Å². The molecular formula is C24H15N3O6. The molecule has 2 heterocycles. The number of phenols is 1. The number of non-ortho nitro benzene ring substituents is 1. The molecule has 0 bridgehead atoms. The van der Waals surface area contributed by atoms with E-state index >= 15 is 0 Å². The number of nitrogens with one attached hydrogen (secondary N) is 1. The Kier molecular flexibility index (Phi) is 4.83. The van der Waals surface area contributed by atoms with Gasteiger partial charge in [-0.05, 0) is 54.6 Å². The zero-order chi connectivity index (χ0) is 22.9. The van der Waals surface area contributed by atoms with Gasteiger partial charge in [-0.15, -0.1) is 0 Å². The van der Waals surface area contributed by atoms with Gasteiger partial charge in [0.1, 0.15) is 17.0 Å². The monoisotopic (exact) mass is 441 g/mol. The first kappa shape index (κ1) is 20.0. The van der Waals surface area contributed by atoms with Crippen LogP contribution < -0.4 is 5.32 Å². The smallest absolute Gasteiger partial charge is 0.291 e. The zero-order valence-corrected chi connectivity index (χ0v) is 16.9. The van der Waals surface area contributed by atoms with Crippen molar-refractivity contribution < 1.29 is 23.7 Å². The number of aromatic nitrogens is 1. The number of aromatic hydroxyl groups is 1. The number of benzene rings is 3. The van der Waals surface area contributed by atoms with E-state index in [1.165, 1.54) is 24.3 Å². The summed E-state index contributed by atoms with van der Waals surface area (Å²) < 4.78 is 11.3. The minimum absolute atomic E-state index is 0.0367. The van der Waals surface area contributed by atoms with Gasteiger partial charge in [-0.3, -0.25) is 14.9 Å². The van der Waals surface area contributed by atoms with Crippen LogP contribution in [-0.2, 0) is 0 Å². The number of rotatable bonds is 5. The number of nitro groups is 1. The lowest BCUT2D eigenvalue weighted by atomic mass is 10.1. The lowest BCUT2D eigenvalue weighted by molar-refractivity contribution is -0.384. The molecule has 2 N–H and O–H groups in total. The number of nitro benzene ring substituents is 1. The Balaban J connectivity index is 1.37. The topological polar surface area (TPSA) is 132 Å². The normalized spacial score (nSPS) is 10.9. The number of amides is 1.